The lowest BCUT2D eigenvalue weighted by molar-refractivity contribution is -0.00109. The normalized spacial score (nSPS) is 23.4. The van der Waals surface area contributed by atoms with E-state index in [-0.39, 0.29) is 17.8 Å². The maximum atomic E-state index is 12.2. The van der Waals surface area contributed by atoms with Gasteiger partial charge in [0.15, 0.2) is 11.5 Å². The van der Waals surface area contributed by atoms with Crippen LogP contribution in [-0.4, -0.2) is 68.0 Å². The van der Waals surface area contributed by atoms with Crippen LogP contribution in [0.1, 0.15) is 22.8 Å². The zero-order chi connectivity index (χ0) is 23.0. The molecule has 13 nitrogen and oxygen atoms in total. The average molecular weight is 464 g/mol. The van der Waals surface area contributed by atoms with E-state index in [9.17, 15) is 28.5 Å². The molecule has 0 radical (unpaired) electrons. The molecule has 0 spiro atoms. The number of aliphatic hydroxyl groups is 2. The number of carbonyl (C=O) groups is 1. The third kappa shape index (κ3) is 4.08. The number of rotatable bonds is 6. The summed E-state index contributed by atoms with van der Waals surface area (Å²) in [6.45, 7) is -0.498. The van der Waals surface area contributed by atoms with Gasteiger partial charge in [-0.2, -0.15) is 8.42 Å². The standard InChI is InChI=1S/C18H20N6O7S/c19-16-13-17(21-7-20-16)24(8-22-13)11-5-9(14(26)15(11)27)6-31-32(29,30)23-18(28)10-3-1-2-4-12(10)25/h1-4,7-9,11,14-15,25-27H,5-6H2,(H,23,28)(H2,19,20,21)/t9-,11-,14-,15+/m1/s1. The largest absolute Gasteiger partial charge is 0.507 e. The van der Waals surface area contributed by atoms with Crippen LogP contribution in [0.3, 0.4) is 0 Å². The number of hydrogen-bond donors (Lipinski definition) is 5. The summed E-state index contributed by atoms with van der Waals surface area (Å²) in [5.41, 5.74) is 6.22. The molecular formula is C18H20N6O7S. The maximum absolute atomic E-state index is 12.2. The number of aliphatic hydroxyl groups excluding tert-OH is 2. The fraction of sp³-hybridized carbons (Fsp3) is 0.333. The van der Waals surface area contributed by atoms with Gasteiger partial charge in [-0.05, 0) is 18.6 Å². The Kier molecular flexibility index (Phi) is 5.68. The molecule has 2 aromatic heterocycles. The molecule has 2 heterocycles. The number of anilines is 1. The number of phenolic OH excluding ortho intramolecular Hbond substituents is 1. The summed E-state index contributed by atoms with van der Waals surface area (Å²) in [5, 5.41) is 30.6. The first-order valence-electron chi connectivity index (χ1n) is 9.46. The van der Waals surface area contributed by atoms with E-state index in [1.807, 2.05) is 0 Å². The highest BCUT2D eigenvalue weighted by Crippen LogP contribution is 2.37. The molecule has 6 N–H and O–H groups in total. The molecule has 14 heteroatoms. The number of benzene rings is 1. The Morgan fingerprint density at radius 3 is 2.72 bits per heavy atom. The summed E-state index contributed by atoms with van der Waals surface area (Å²) < 4.78 is 32.4. The molecule has 1 aliphatic carbocycles. The van der Waals surface area contributed by atoms with Crippen molar-refractivity contribution in [3.63, 3.8) is 0 Å². The van der Waals surface area contributed by atoms with Crippen LogP contribution in [0.5, 0.6) is 5.75 Å². The number of nitrogens with zero attached hydrogens (tertiary/aromatic N) is 4. The average Bonchev–Trinajstić information content (AvgIpc) is 3.29. The Labute approximate surface area is 181 Å². The van der Waals surface area contributed by atoms with Crippen LogP contribution in [0, 0.1) is 5.92 Å². The minimum atomic E-state index is -4.55. The SMILES string of the molecule is Nc1ncnc2c1ncn2[C@@H]1C[C@H](COS(=O)(=O)NC(=O)c2ccccc2O)[C@@H](O)[C@H]1O. The van der Waals surface area contributed by atoms with E-state index in [0.29, 0.717) is 11.2 Å². The number of phenols is 1. The fourth-order valence-electron chi connectivity index (χ4n) is 3.69. The third-order valence-corrected chi connectivity index (χ3v) is 6.20. The van der Waals surface area contributed by atoms with Gasteiger partial charge in [0.2, 0.25) is 0 Å². The van der Waals surface area contributed by atoms with Gasteiger partial charge in [0.05, 0.1) is 30.6 Å². The second-order valence-electron chi connectivity index (χ2n) is 7.31. The maximum Gasteiger partial charge on any atom is 0.362 e. The number of amides is 1. The number of nitrogens with one attached hydrogen (secondary N) is 1. The van der Waals surface area contributed by atoms with Gasteiger partial charge in [-0.3, -0.25) is 8.98 Å². The van der Waals surface area contributed by atoms with Gasteiger partial charge in [-0.15, -0.1) is 0 Å². The topological polar surface area (TPSA) is 203 Å². The van der Waals surface area contributed by atoms with Crippen LogP contribution in [0.15, 0.2) is 36.9 Å². The van der Waals surface area contributed by atoms with Crippen molar-refractivity contribution in [3.8, 4) is 5.75 Å². The monoisotopic (exact) mass is 464 g/mol. The first kappa shape index (κ1) is 21.9. The molecule has 170 valence electrons. The van der Waals surface area contributed by atoms with Crippen LogP contribution >= 0.6 is 0 Å². The van der Waals surface area contributed by atoms with E-state index in [4.69, 9.17) is 9.92 Å². The highest BCUT2D eigenvalue weighted by molar-refractivity contribution is 7.85. The van der Waals surface area contributed by atoms with Crippen LogP contribution < -0.4 is 10.5 Å². The minimum Gasteiger partial charge on any atom is -0.507 e. The lowest BCUT2D eigenvalue weighted by Gasteiger charge is -2.18. The number of carbonyl (C=O) groups excluding carboxylic acids is 1. The molecule has 4 atom stereocenters. The van der Waals surface area contributed by atoms with Crippen molar-refractivity contribution in [1.29, 1.82) is 0 Å². The van der Waals surface area contributed by atoms with E-state index in [0.717, 1.165) is 0 Å². The Bertz CT molecular complexity index is 1260. The number of fused-ring (bicyclic) bond motifs is 1. The van der Waals surface area contributed by atoms with Gasteiger partial charge in [0.25, 0.3) is 5.91 Å². The van der Waals surface area contributed by atoms with Gasteiger partial charge >= 0.3 is 10.3 Å². The molecular weight excluding hydrogens is 444 g/mol. The lowest BCUT2D eigenvalue weighted by atomic mass is 10.1. The summed E-state index contributed by atoms with van der Waals surface area (Å²) in [7, 11) is -4.55. The third-order valence-electron chi connectivity index (χ3n) is 5.32. The van der Waals surface area contributed by atoms with Crippen LogP contribution in [0.4, 0.5) is 5.82 Å². The Morgan fingerprint density at radius 2 is 1.97 bits per heavy atom. The predicted octanol–water partition coefficient (Wildman–Crippen LogP) is -0.912. The molecule has 1 saturated carbocycles. The molecule has 1 aromatic carbocycles. The summed E-state index contributed by atoms with van der Waals surface area (Å²) in [5.74, 6) is -2.08. The molecule has 1 fully saturated rings. The first-order valence-corrected chi connectivity index (χ1v) is 10.9. The number of hydrogen-bond acceptors (Lipinski definition) is 11. The van der Waals surface area contributed by atoms with E-state index < -0.39 is 52.7 Å². The van der Waals surface area contributed by atoms with Crippen molar-refractivity contribution < 1.29 is 32.7 Å². The van der Waals surface area contributed by atoms with Crippen molar-refractivity contribution in [2.45, 2.75) is 24.7 Å². The van der Waals surface area contributed by atoms with E-state index in [1.54, 1.807) is 4.72 Å². The number of aromatic nitrogens is 4. The highest BCUT2D eigenvalue weighted by atomic mass is 32.2. The van der Waals surface area contributed by atoms with Crippen LogP contribution in [0.2, 0.25) is 0 Å². The molecule has 0 bridgehead atoms. The molecule has 1 aliphatic rings. The Balaban J connectivity index is 1.44. The fourth-order valence-corrected chi connectivity index (χ4v) is 4.44. The van der Waals surface area contributed by atoms with Crippen molar-refractivity contribution in [2.75, 3.05) is 12.3 Å². The predicted molar refractivity (Wildman–Crippen MR) is 109 cm³/mol. The zero-order valence-corrected chi connectivity index (χ0v) is 17.3. The molecule has 0 aliphatic heterocycles. The molecule has 32 heavy (non-hydrogen) atoms. The molecule has 4 rings (SSSR count). The molecule has 1 amide bonds. The number of para-hydroxylation sites is 1. The summed E-state index contributed by atoms with van der Waals surface area (Å²) >= 11 is 0. The number of nitrogen functional groups attached to an aromatic ring is 1. The number of aromatic hydroxyl groups is 1. The van der Waals surface area contributed by atoms with Crippen molar-refractivity contribution in [2.24, 2.45) is 5.92 Å². The van der Waals surface area contributed by atoms with E-state index in [2.05, 4.69) is 15.0 Å². The highest BCUT2D eigenvalue weighted by Gasteiger charge is 2.43. The van der Waals surface area contributed by atoms with E-state index in [1.165, 1.54) is 41.5 Å². The lowest BCUT2D eigenvalue weighted by Crippen LogP contribution is -2.35. The Hall–Kier alpha value is -3.33. The van der Waals surface area contributed by atoms with Gasteiger partial charge < -0.3 is 25.6 Å². The van der Waals surface area contributed by atoms with Crippen molar-refractivity contribution in [3.05, 3.63) is 42.5 Å². The van der Waals surface area contributed by atoms with E-state index >= 15 is 0 Å². The molecule has 3 aromatic rings. The second kappa shape index (κ2) is 8.31. The summed E-state index contributed by atoms with van der Waals surface area (Å²) in [6.07, 6.45) is 0.230. The van der Waals surface area contributed by atoms with Crippen molar-refractivity contribution in [1.82, 2.24) is 24.2 Å². The quantitative estimate of drug-likeness (QED) is 0.302. The molecule has 0 unspecified atom stereocenters. The van der Waals surface area contributed by atoms with Gasteiger partial charge in [-0.25, -0.2) is 19.7 Å². The van der Waals surface area contributed by atoms with Gasteiger partial charge in [0, 0.05) is 5.92 Å². The second-order valence-corrected chi connectivity index (χ2v) is 8.66. The number of imidazole rings is 1. The first-order chi connectivity index (χ1) is 15.2. The summed E-state index contributed by atoms with van der Waals surface area (Å²) in [6, 6.07) is 4.74. The smallest absolute Gasteiger partial charge is 0.362 e. The van der Waals surface area contributed by atoms with Crippen molar-refractivity contribution >= 4 is 33.2 Å². The van der Waals surface area contributed by atoms with Gasteiger partial charge in [0.1, 0.15) is 23.7 Å². The summed E-state index contributed by atoms with van der Waals surface area (Å²) in [4.78, 5) is 24.2. The number of nitrogens with two attached hydrogens (primary N) is 1. The van der Waals surface area contributed by atoms with Gasteiger partial charge in [-0.1, -0.05) is 12.1 Å². The van der Waals surface area contributed by atoms with Crippen LogP contribution in [0.25, 0.3) is 11.2 Å². The Morgan fingerprint density at radius 1 is 1.22 bits per heavy atom. The zero-order valence-electron chi connectivity index (χ0n) is 16.4. The minimum absolute atomic E-state index is 0.140. The molecule has 0 saturated heterocycles. The van der Waals surface area contributed by atoms with Crippen LogP contribution in [-0.2, 0) is 14.5 Å².